The molecule has 0 saturated heterocycles. The highest BCUT2D eigenvalue weighted by Gasteiger charge is 2.21. The van der Waals surface area contributed by atoms with Crippen molar-refractivity contribution in [3.8, 4) is 0 Å². The summed E-state index contributed by atoms with van der Waals surface area (Å²) in [6, 6.07) is 8.33. The molecule has 4 heteroatoms. The van der Waals surface area contributed by atoms with Crippen LogP contribution in [0, 0.1) is 5.92 Å². The van der Waals surface area contributed by atoms with Crippen molar-refractivity contribution in [3.63, 3.8) is 0 Å². The van der Waals surface area contributed by atoms with Crippen molar-refractivity contribution in [2.75, 3.05) is 25.5 Å². The van der Waals surface area contributed by atoms with Gasteiger partial charge in [-0.2, -0.15) is 0 Å². The number of hydrogen-bond acceptors (Lipinski definition) is 2. The molecule has 1 fully saturated rings. The molecule has 0 radical (unpaired) electrons. The van der Waals surface area contributed by atoms with Gasteiger partial charge in [-0.05, 0) is 49.9 Å². The first kappa shape index (κ1) is 15.8. The van der Waals surface area contributed by atoms with E-state index in [9.17, 15) is 4.79 Å². The lowest BCUT2D eigenvalue weighted by Gasteiger charge is -2.30. The minimum Gasteiger partial charge on any atom is -0.327 e. The summed E-state index contributed by atoms with van der Waals surface area (Å²) in [6.45, 7) is 6.02. The average molecular weight is 289 g/mol. The van der Waals surface area contributed by atoms with Gasteiger partial charge in [-0.1, -0.05) is 25.5 Å². The van der Waals surface area contributed by atoms with Crippen LogP contribution in [-0.2, 0) is 0 Å². The van der Waals surface area contributed by atoms with E-state index in [-0.39, 0.29) is 6.03 Å². The van der Waals surface area contributed by atoms with Crippen molar-refractivity contribution in [2.24, 2.45) is 5.92 Å². The molecule has 0 bridgehead atoms. The Balaban J connectivity index is 1.91. The molecule has 2 N–H and O–H groups in total. The van der Waals surface area contributed by atoms with Crippen LogP contribution in [0.2, 0.25) is 0 Å². The van der Waals surface area contributed by atoms with Crippen LogP contribution in [0.5, 0.6) is 0 Å². The summed E-state index contributed by atoms with van der Waals surface area (Å²) in [6.07, 6.45) is 3.82. The molecule has 0 heterocycles. The number of anilines is 1. The van der Waals surface area contributed by atoms with Gasteiger partial charge in [-0.3, -0.25) is 0 Å². The first-order valence-electron chi connectivity index (χ1n) is 7.95. The van der Waals surface area contributed by atoms with Crippen molar-refractivity contribution < 1.29 is 4.79 Å². The van der Waals surface area contributed by atoms with E-state index in [1.54, 1.807) is 4.90 Å². The molecule has 1 aliphatic carbocycles. The van der Waals surface area contributed by atoms with Crippen LogP contribution in [-0.4, -0.2) is 31.1 Å². The zero-order valence-corrected chi connectivity index (χ0v) is 13.4. The summed E-state index contributed by atoms with van der Waals surface area (Å²) in [5, 5.41) is 6.38. The Labute approximate surface area is 127 Å². The summed E-state index contributed by atoms with van der Waals surface area (Å²) >= 11 is 0. The van der Waals surface area contributed by atoms with Gasteiger partial charge in [0.05, 0.1) is 0 Å². The molecule has 0 spiro atoms. The number of hydrogen-bond donors (Lipinski definition) is 2. The number of rotatable bonds is 6. The van der Waals surface area contributed by atoms with Gasteiger partial charge in [0.2, 0.25) is 0 Å². The first-order valence-corrected chi connectivity index (χ1v) is 7.95. The Hall–Kier alpha value is -1.55. The second-order valence-electron chi connectivity index (χ2n) is 6.01. The number of urea groups is 1. The molecule has 1 aromatic carbocycles. The number of amides is 2. The smallest absolute Gasteiger partial charge is 0.321 e. The molecule has 21 heavy (non-hydrogen) atoms. The van der Waals surface area contributed by atoms with Gasteiger partial charge in [0, 0.05) is 25.3 Å². The molecule has 1 aliphatic rings. The number of benzene rings is 1. The van der Waals surface area contributed by atoms with Crippen molar-refractivity contribution >= 4 is 11.7 Å². The first-order chi connectivity index (χ1) is 10.1. The van der Waals surface area contributed by atoms with Crippen LogP contribution in [0.4, 0.5) is 10.5 Å². The third-order valence-electron chi connectivity index (χ3n) is 4.25. The van der Waals surface area contributed by atoms with Gasteiger partial charge in [0.25, 0.3) is 0 Å². The summed E-state index contributed by atoms with van der Waals surface area (Å²) < 4.78 is 0. The van der Waals surface area contributed by atoms with Crippen molar-refractivity contribution in [1.82, 2.24) is 10.2 Å². The molecule has 1 atom stereocenters. The Morgan fingerprint density at radius 1 is 1.43 bits per heavy atom. The fourth-order valence-corrected chi connectivity index (χ4v) is 2.67. The van der Waals surface area contributed by atoms with Gasteiger partial charge >= 0.3 is 6.03 Å². The Bertz CT molecular complexity index is 471. The van der Waals surface area contributed by atoms with E-state index in [1.165, 1.54) is 24.8 Å². The van der Waals surface area contributed by atoms with Gasteiger partial charge in [0.1, 0.15) is 0 Å². The highest BCUT2D eigenvalue weighted by molar-refractivity contribution is 5.89. The molecule has 1 saturated carbocycles. The lowest BCUT2D eigenvalue weighted by Crippen LogP contribution is -2.37. The van der Waals surface area contributed by atoms with Gasteiger partial charge < -0.3 is 15.5 Å². The number of nitrogens with one attached hydrogen (secondary N) is 2. The van der Waals surface area contributed by atoms with E-state index in [4.69, 9.17) is 0 Å². The van der Waals surface area contributed by atoms with Crippen LogP contribution in [0.3, 0.4) is 0 Å². The highest BCUT2D eigenvalue weighted by atomic mass is 16.2. The van der Waals surface area contributed by atoms with Crippen molar-refractivity contribution in [2.45, 2.75) is 39.2 Å². The Kier molecular flexibility index (Phi) is 5.62. The Morgan fingerprint density at radius 3 is 2.81 bits per heavy atom. The molecule has 2 rings (SSSR count). The number of nitrogens with zero attached hydrogens (tertiary/aromatic N) is 1. The largest absolute Gasteiger partial charge is 0.327 e. The van der Waals surface area contributed by atoms with Crippen molar-refractivity contribution in [3.05, 3.63) is 29.8 Å². The molecule has 0 aromatic heterocycles. The normalized spacial score (nSPS) is 16.1. The van der Waals surface area contributed by atoms with E-state index in [2.05, 4.69) is 30.5 Å². The van der Waals surface area contributed by atoms with E-state index in [0.29, 0.717) is 12.0 Å². The molecular weight excluding hydrogens is 262 g/mol. The van der Waals surface area contributed by atoms with Crippen LogP contribution in [0.15, 0.2) is 24.3 Å². The van der Waals surface area contributed by atoms with Crippen molar-refractivity contribution in [1.29, 1.82) is 0 Å². The molecule has 0 aliphatic heterocycles. The van der Waals surface area contributed by atoms with Crippen LogP contribution < -0.4 is 10.6 Å². The molecule has 2 amide bonds. The van der Waals surface area contributed by atoms with Crippen LogP contribution in [0.1, 0.15) is 44.7 Å². The maximum atomic E-state index is 12.2. The third-order valence-corrected chi connectivity index (χ3v) is 4.25. The zero-order chi connectivity index (χ0) is 15.2. The fourth-order valence-electron chi connectivity index (χ4n) is 2.67. The van der Waals surface area contributed by atoms with E-state index < -0.39 is 0 Å². The molecular formula is C17H27N3O. The molecule has 4 nitrogen and oxygen atoms in total. The van der Waals surface area contributed by atoms with E-state index >= 15 is 0 Å². The Morgan fingerprint density at radius 2 is 2.19 bits per heavy atom. The molecule has 116 valence electrons. The topological polar surface area (TPSA) is 44.4 Å². The summed E-state index contributed by atoms with van der Waals surface area (Å²) in [7, 11) is 1.87. The fraction of sp³-hybridized carbons (Fsp3) is 0.588. The predicted molar refractivity (Wildman–Crippen MR) is 87.5 cm³/mol. The monoisotopic (exact) mass is 289 g/mol. The minimum absolute atomic E-state index is 0.0184. The third kappa shape index (κ3) is 4.46. The summed E-state index contributed by atoms with van der Waals surface area (Å²) in [5.41, 5.74) is 2.05. The second kappa shape index (κ2) is 7.46. The second-order valence-corrected chi connectivity index (χ2v) is 6.01. The van der Waals surface area contributed by atoms with Gasteiger partial charge in [0.15, 0.2) is 0 Å². The standard InChI is InChI=1S/C17H27N3O/c1-4-18-13(2)15-9-6-10-16(11-15)19-17(21)20(3)12-14-7-5-8-14/h6,9-11,13-14,18H,4-5,7-8,12H2,1-3H3,(H,19,21). The lowest BCUT2D eigenvalue weighted by molar-refractivity contribution is 0.194. The zero-order valence-electron chi connectivity index (χ0n) is 13.4. The number of carbonyl (C=O) groups is 1. The van der Waals surface area contributed by atoms with Gasteiger partial charge in [-0.25, -0.2) is 4.79 Å². The average Bonchev–Trinajstić information content (AvgIpc) is 2.43. The van der Waals surface area contributed by atoms with Crippen LogP contribution >= 0.6 is 0 Å². The predicted octanol–water partition coefficient (Wildman–Crippen LogP) is 3.62. The SMILES string of the molecule is CCNC(C)c1cccc(NC(=O)N(C)CC2CCC2)c1. The highest BCUT2D eigenvalue weighted by Crippen LogP contribution is 2.27. The van der Waals surface area contributed by atoms with Gasteiger partial charge in [-0.15, -0.1) is 0 Å². The molecule has 1 unspecified atom stereocenters. The van der Waals surface area contributed by atoms with E-state index in [1.807, 2.05) is 25.2 Å². The van der Waals surface area contributed by atoms with E-state index in [0.717, 1.165) is 18.8 Å². The lowest BCUT2D eigenvalue weighted by atomic mass is 9.85. The quantitative estimate of drug-likeness (QED) is 0.840. The minimum atomic E-state index is -0.0184. The summed E-state index contributed by atoms with van der Waals surface area (Å²) in [5.74, 6) is 0.695. The summed E-state index contributed by atoms with van der Waals surface area (Å²) in [4.78, 5) is 14.0. The number of carbonyl (C=O) groups excluding carboxylic acids is 1. The van der Waals surface area contributed by atoms with Crippen LogP contribution in [0.25, 0.3) is 0 Å². The molecule has 1 aromatic rings. The maximum Gasteiger partial charge on any atom is 0.321 e. The maximum absolute atomic E-state index is 12.2.